The van der Waals surface area contributed by atoms with Gasteiger partial charge in [0.1, 0.15) is 0 Å². The van der Waals surface area contributed by atoms with E-state index in [2.05, 4.69) is 16.8 Å². The molecule has 0 unspecified atom stereocenters. The molecule has 0 saturated heterocycles. The summed E-state index contributed by atoms with van der Waals surface area (Å²) in [6.07, 6.45) is 2.37. The van der Waals surface area contributed by atoms with Gasteiger partial charge in [0.2, 0.25) is 0 Å². The van der Waals surface area contributed by atoms with Gasteiger partial charge in [0.15, 0.2) is 5.96 Å². The van der Waals surface area contributed by atoms with E-state index in [1.807, 2.05) is 4.90 Å². The van der Waals surface area contributed by atoms with Crippen molar-refractivity contribution in [3.63, 3.8) is 0 Å². The summed E-state index contributed by atoms with van der Waals surface area (Å²) in [5, 5.41) is 11.6. The first-order chi connectivity index (χ1) is 6.27. The maximum Gasteiger partial charge on any atom is 0.188 e. The predicted octanol–water partition coefficient (Wildman–Crippen LogP) is 1.61. The van der Waals surface area contributed by atoms with E-state index in [0.29, 0.717) is 6.04 Å². The quantitative estimate of drug-likeness (QED) is 0.568. The highest BCUT2D eigenvalue weighted by molar-refractivity contribution is 7.07. The van der Waals surface area contributed by atoms with Crippen molar-refractivity contribution in [1.29, 1.82) is 5.41 Å². The van der Waals surface area contributed by atoms with E-state index < -0.39 is 0 Å². The van der Waals surface area contributed by atoms with E-state index in [1.54, 1.807) is 11.3 Å². The molecule has 1 aromatic rings. The molecular formula is C9H13N3S. The predicted molar refractivity (Wildman–Crippen MR) is 54.8 cm³/mol. The van der Waals surface area contributed by atoms with Gasteiger partial charge in [-0.1, -0.05) is 0 Å². The molecule has 1 aliphatic carbocycles. The molecule has 0 aliphatic heterocycles. The third kappa shape index (κ3) is 2.01. The van der Waals surface area contributed by atoms with Crippen molar-refractivity contribution < 1.29 is 0 Å². The molecule has 0 spiro atoms. The molecule has 2 rings (SSSR count). The number of hydrogen-bond donors (Lipinski definition) is 2. The van der Waals surface area contributed by atoms with Gasteiger partial charge < -0.3 is 10.6 Å². The van der Waals surface area contributed by atoms with Crippen LogP contribution in [-0.4, -0.2) is 16.9 Å². The molecule has 4 heteroatoms. The minimum atomic E-state index is 0.203. The fourth-order valence-corrected chi connectivity index (χ4v) is 2.04. The number of nitrogens with two attached hydrogens (primary N) is 1. The van der Waals surface area contributed by atoms with Crippen molar-refractivity contribution >= 4 is 17.3 Å². The van der Waals surface area contributed by atoms with Crippen LogP contribution in [0.2, 0.25) is 0 Å². The maximum absolute atomic E-state index is 7.43. The molecule has 0 atom stereocenters. The van der Waals surface area contributed by atoms with Gasteiger partial charge in [0, 0.05) is 12.6 Å². The summed E-state index contributed by atoms with van der Waals surface area (Å²) < 4.78 is 0. The highest BCUT2D eigenvalue weighted by Crippen LogP contribution is 2.28. The van der Waals surface area contributed by atoms with Crippen LogP contribution < -0.4 is 5.73 Å². The third-order valence-corrected chi connectivity index (χ3v) is 2.96. The number of nitrogens with zero attached hydrogens (tertiary/aromatic N) is 1. The first-order valence-corrected chi connectivity index (χ1v) is 5.33. The Bertz CT molecular complexity index is 290. The third-order valence-electron chi connectivity index (χ3n) is 2.23. The van der Waals surface area contributed by atoms with Crippen LogP contribution in [-0.2, 0) is 6.54 Å². The van der Waals surface area contributed by atoms with Gasteiger partial charge in [0.05, 0.1) is 0 Å². The van der Waals surface area contributed by atoms with E-state index in [-0.39, 0.29) is 5.96 Å². The minimum absolute atomic E-state index is 0.203. The lowest BCUT2D eigenvalue weighted by molar-refractivity contribution is 0.396. The van der Waals surface area contributed by atoms with E-state index in [9.17, 15) is 0 Å². The van der Waals surface area contributed by atoms with Crippen LogP contribution in [0.3, 0.4) is 0 Å². The first-order valence-electron chi connectivity index (χ1n) is 4.39. The normalized spacial score (nSPS) is 15.7. The Morgan fingerprint density at radius 3 is 2.92 bits per heavy atom. The molecule has 1 fully saturated rings. The lowest BCUT2D eigenvalue weighted by Gasteiger charge is -2.21. The number of hydrogen-bond acceptors (Lipinski definition) is 2. The molecule has 1 aliphatic rings. The van der Waals surface area contributed by atoms with Crippen LogP contribution in [0.1, 0.15) is 18.4 Å². The Morgan fingerprint density at radius 2 is 2.46 bits per heavy atom. The lowest BCUT2D eigenvalue weighted by atomic mass is 10.3. The second kappa shape index (κ2) is 3.38. The van der Waals surface area contributed by atoms with Crippen LogP contribution in [0.25, 0.3) is 0 Å². The number of rotatable bonds is 3. The zero-order chi connectivity index (χ0) is 9.26. The summed E-state index contributed by atoms with van der Waals surface area (Å²) in [6.45, 7) is 0.795. The SMILES string of the molecule is N=C(N)N(Cc1ccsc1)C1CC1. The first kappa shape index (κ1) is 8.56. The smallest absolute Gasteiger partial charge is 0.188 e. The second-order valence-electron chi connectivity index (χ2n) is 3.38. The van der Waals surface area contributed by atoms with Crippen molar-refractivity contribution in [1.82, 2.24) is 4.90 Å². The Balaban J connectivity index is 2.01. The molecule has 13 heavy (non-hydrogen) atoms. The van der Waals surface area contributed by atoms with Gasteiger partial charge in [0.25, 0.3) is 0 Å². The Morgan fingerprint density at radius 1 is 1.69 bits per heavy atom. The summed E-state index contributed by atoms with van der Waals surface area (Å²) in [4.78, 5) is 1.97. The number of thiophene rings is 1. The van der Waals surface area contributed by atoms with Gasteiger partial charge in [-0.2, -0.15) is 11.3 Å². The van der Waals surface area contributed by atoms with Crippen molar-refractivity contribution in [2.24, 2.45) is 5.73 Å². The number of guanidine groups is 1. The van der Waals surface area contributed by atoms with Gasteiger partial charge in [-0.25, -0.2) is 0 Å². The Kier molecular flexibility index (Phi) is 2.22. The largest absolute Gasteiger partial charge is 0.370 e. The molecule has 3 N–H and O–H groups in total. The molecule has 0 radical (unpaired) electrons. The lowest BCUT2D eigenvalue weighted by Crippen LogP contribution is -2.37. The summed E-state index contributed by atoms with van der Waals surface area (Å²) >= 11 is 1.69. The van der Waals surface area contributed by atoms with Crippen molar-refractivity contribution in [2.75, 3.05) is 0 Å². The summed E-state index contributed by atoms with van der Waals surface area (Å²) in [7, 11) is 0. The highest BCUT2D eigenvalue weighted by Gasteiger charge is 2.29. The van der Waals surface area contributed by atoms with Crippen molar-refractivity contribution in [3.8, 4) is 0 Å². The summed E-state index contributed by atoms with van der Waals surface area (Å²) in [6, 6.07) is 2.61. The molecule has 3 nitrogen and oxygen atoms in total. The molecule has 1 heterocycles. The maximum atomic E-state index is 7.43. The minimum Gasteiger partial charge on any atom is -0.370 e. The zero-order valence-corrected chi connectivity index (χ0v) is 8.18. The number of nitrogens with one attached hydrogen (secondary N) is 1. The highest BCUT2D eigenvalue weighted by atomic mass is 32.1. The van der Waals surface area contributed by atoms with Crippen LogP contribution in [0.15, 0.2) is 16.8 Å². The molecule has 0 aromatic carbocycles. The van der Waals surface area contributed by atoms with Crippen LogP contribution in [0.4, 0.5) is 0 Å². The molecule has 0 amide bonds. The van der Waals surface area contributed by atoms with Crippen LogP contribution in [0.5, 0.6) is 0 Å². The fraction of sp³-hybridized carbons (Fsp3) is 0.444. The van der Waals surface area contributed by atoms with Crippen molar-refractivity contribution in [2.45, 2.75) is 25.4 Å². The second-order valence-corrected chi connectivity index (χ2v) is 4.16. The van der Waals surface area contributed by atoms with E-state index in [0.717, 1.165) is 6.54 Å². The van der Waals surface area contributed by atoms with Gasteiger partial charge >= 0.3 is 0 Å². The van der Waals surface area contributed by atoms with Gasteiger partial charge in [-0.15, -0.1) is 0 Å². The molecule has 70 valence electrons. The van der Waals surface area contributed by atoms with E-state index in [1.165, 1.54) is 18.4 Å². The van der Waals surface area contributed by atoms with Crippen molar-refractivity contribution in [3.05, 3.63) is 22.4 Å². The zero-order valence-electron chi connectivity index (χ0n) is 7.36. The van der Waals surface area contributed by atoms with Gasteiger partial charge in [-0.05, 0) is 35.2 Å². The topological polar surface area (TPSA) is 53.1 Å². The average molecular weight is 195 g/mol. The summed E-state index contributed by atoms with van der Waals surface area (Å²) in [5.41, 5.74) is 6.76. The molecular weight excluding hydrogens is 182 g/mol. The molecule has 1 saturated carbocycles. The summed E-state index contributed by atoms with van der Waals surface area (Å²) in [5.74, 6) is 0.203. The standard InChI is InChI=1S/C9H13N3S/c10-9(11)12(8-1-2-8)5-7-3-4-13-6-7/h3-4,6,8H,1-2,5H2,(H3,10,11). The fourth-order valence-electron chi connectivity index (χ4n) is 1.38. The van der Waals surface area contributed by atoms with E-state index >= 15 is 0 Å². The monoisotopic (exact) mass is 195 g/mol. The average Bonchev–Trinajstić information content (AvgIpc) is 2.79. The Labute approximate surface area is 81.7 Å². The Hall–Kier alpha value is -1.03. The van der Waals surface area contributed by atoms with E-state index in [4.69, 9.17) is 11.1 Å². The van der Waals surface area contributed by atoms with Crippen LogP contribution in [0, 0.1) is 5.41 Å². The molecule has 1 aromatic heterocycles. The van der Waals surface area contributed by atoms with Crippen LogP contribution >= 0.6 is 11.3 Å². The molecule has 0 bridgehead atoms. The van der Waals surface area contributed by atoms with Gasteiger partial charge in [-0.3, -0.25) is 5.41 Å².